The zero-order valence-electron chi connectivity index (χ0n) is 38.6. The summed E-state index contributed by atoms with van der Waals surface area (Å²) in [6, 6.07) is 108. The average Bonchev–Trinajstić information content (AvgIpc) is 3.74. The minimum atomic E-state index is -2.80. The van der Waals surface area contributed by atoms with Crippen molar-refractivity contribution >= 4 is 62.9 Å². The molecule has 0 aromatic heterocycles. The molecule has 0 N–H and O–H groups in total. The Hall–Kier alpha value is -8.76. The Morgan fingerprint density at radius 2 is 0.786 bits per heavy atom. The number of hydrogen-bond acceptors (Lipinski definition) is 2. The molecule has 330 valence electrons. The van der Waals surface area contributed by atoms with Crippen molar-refractivity contribution in [3.05, 3.63) is 313 Å². The first-order valence-electron chi connectivity index (χ1n) is 24.3. The van der Waals surface area contributed by atoms with Crippen LogP contribution in [0.2, 0.25) is 0 Å². The summed E-state index contributed by atoms with van der Waals surface area (Å²) in [6.45, 7) is 0. The van der Waals surface area contributed by atoms with Crippen molar-refractivity contribution < 1.29 is 0 Å². The lowest BCUT2D eigenvalue weighted by molar-refractivity contribution is 0.768. The second kappa shape index (κ2) is 17.1. The molecule has 2 nitrogen and oxygen atoms in total. The van der Waals surface area contributed by atoms with Crippen LogP contribution in [0, 0.1) is 0 Å². The molecule has 0 saturated heterocycles. The Kier molecular flexibility index (Phi) is 10.1. The van der Waals surface area contributed by atoms with Crippen LogP contribution in [0.15, 0.2) is 291 Å². The molecule has 11 aromatic rings. The van der Waals surface area contributed by atoms with Crippen molar-refractivity contribution in [3.8, 4) is 22.3 Å². The molecule has 1 aliphatic carbocycles. The fourth-order valence-corrected chi connectivity index (χ4v) is 17.0. The van der Waals surface area contributed by atoms with E-state index in [9.17, 15) is 0 Å². The van der Waals surface area contributed by atoms with E-state index in [1.54, 1.807) is 0 Å². The zero-order chi connectivity index (χ0) is 46.5. The maximum atomic E-state index is 2.49. The van der Waals surface area contributed by atoms with Crippen molar-refractivity contribution in [3.63, 3.8) is 0 Å². The molecule has 11 aromatic carbocycles. The number of para-hydroxylation sites is 3. The second-order valence-corrected chi connectivity index (χ2v) is 22.1. The fraction of sp³-hybridized carbons (Fsp3) is 0.0149. The summed E-state index contributed by atoms with van der Waals surface area (Å²) < 4.78 is 0. The molecule has 0 unspecified atom stereocenters. The smallest absolute Gasteiger partial charge is 0.184 e. The third kappa shape index (κ3) is 6.40. The molecule has 0 radical (unpaired) electrons. The molecule has 2 aliphatic rings. The van der Waals surface area contributed by atoms with E-state index >= 15 is 0 Å². The van der Waals surface area contributed by atoms with Crippen LogP contribution < -0.4 is 30.5 Å². The van der Waals surface area contributed by atoms with Crippen LogP contribution in [-0.4, -0.2) is 8.07 Å². The van der Waals surface area contributed by atoms with Crippen molar-refractivity contribution in [2.75, 3.05) is 9.80 Å². The first-order valence-corrected chi connectivity index (χ1v) is 26.3. The van der Waals surface area contributed by atoms with Gasteiger partial charge in [0.2, 0.25) is 0 Å². The summed E-state index contributed by atoms with van der Waals surface area (Å²) in [5.74, 6) is 0. The van der Waals surface area contributed by atoms with Crippen molar-refractivity contribution in [1.29, 1.82) is 0 Å². The van der Waals surface area contributed by atoms with E-state index in [0.29, 0.717) is 0 Å². The van der Waals surface area contributed by atoms with Gasteiger partial charge in [0.15, 0.2) is 8.07 Å². The van der Waals surface area contributed by atoms with E-state index in [1.807, 2.05) is 0 Å². The first kappa shape index (κ1) is 41.4. The molecular formula is C67H48N2Si. The zero-order valence-corrected chi connectivity index (χ0v) is 39.6. The van der Waals surface area contributed by atoms with Crippen LogP contribution in [0.5, 0.6) is 0 Å². The van der Waals surface area contributed by atoms with Gasteiger partial charge in [0.05, 0.1) is 5.41 Å². The van der Waals surface area contributed by atoms with Gasteiger partial charge in [-0.2, -0.15) is 0 Å². The molecule has 0 atom stereocenters. The summed E-state index contributed by atoms with van der Waals surface area (Å²) in [6.07, 6.45) is 0. The standard InChI is InChI=1S/C67H48N2Si/c1-7-23-51(24-8-1)67(52-25-9-2-10-26-52)61-36-20-19-35-59(61)60-45-44-56(48-62(60)67)68(53-27-11-3-12-28-53)55-42-39-49(40-43-55)50-41-46-66-64(47-50)69(54-29-13-4-14-30-54)63-37-21-22-38-65(63)70(66,57-31-15-5-16-32-57)58-33-17-6-18-34-58/h1-48H. The maximum absolute atomic E-state index is 2.80. The van der Waals surface area contributed by atoms with Crippen LogP contribution in [0.4, 0.5) is 34.1 Å². The minimum Gasteiger partial charge on any atom is -0.311 e. The summed E-state index contributed by atoms with van der Waals surface area (Å²) in [5, 5.41) is 5.52. The van der Waals surface area contributed by atoms with E-state index in [-0.39, 0.29) is 0 Å². The van der Waals surface area contributed by atoms with Crippen LogP contribution in [-0.2, 0) is 5.41 Å². The van der Waals surface area contributed by atoms with Crippen LogP contribution in [0.25, 0.3) is 22.3 Å². The molecule has 70 heavy (non-hydrogen) atoms. The van der Waals surface area contributed by atoms with Gasteiger partial charge < -0.3 is 9.80 Å². The number of anilines is 6. The van der Waals surface area contributed by atoms with Crippen molar-refractivity contribution in [2.24, 2.45) is 0 Å². The highest BCUT2D eigenvalue weighted by Gasteiger charge is 2.49. The Labute approximate surface area is 411 Å². The highest BCUT2D eigenvalue weighted by atomic mass is 28.3. The monoisotopic (exact) mass is 908 g/mol. The van der Waals surface area contributed by atoms with Gasteiger partial charge in [-0.05, 0) is 126 Å². The third-order valence-corrected chi connectivity index (χ3v) is 19.7. The predicted octanol–water partition coefficient (Wildman–Crippen LogP) is 14.3. The summed E-state index contributed by atoms with van der Waals surface area (Å²) in [7, 11) is -2.80. The summed E-state index contributed by atoms with van der Waals surface area (Å²) >= 11 is 0. The molecule has 3 heteroatoms. The molecule has 0 bridgehead atoms. The number of nitrogens with zero attached hydrogens (tertiary/aromatic N) is 2. The second-order valence-electron chi connectivity index (χ2n) is 18.4. The quantitative estimate of drug-likeness (QED) is 0.133. The van der Waals surface area contributed by atoms with Gasteiger partial charge in [0, 0.05) is 34.1 Å². The largest absolute Gasteiger partial charge is 0.311 e. The molecule has 1 aliphatic heterocycles. The molecule has 0 saturated carbocycles. The van der Waals surface area contributed by atoms with E-state index in [0.717, 1.165) is 28.3 Å². The van der Waals surface area contributed by atoms with E-state index in [1.165, 1.54) is 71.1 Å². The van der Waals surface area contributed by atoms with Gasteiger partial charge in [-0.1, -0.05) is 231 Å². The molecule has 13 rings (SSSR count). The number of hydrogen-bond donors (Lipinski definition) is 0. The Bertz CT molecular complexity index is 3560. The normalized spacial score (nSPS) is 13.6. The van der Waals surface area contributed by atoms with E-state index < -0.39 is 13.5 Å². The lowest BCUT2D eigenvalue weighted by atomic mass is 9.67. The Morgan fingerprint density at radius 1 is 0.314 bits per heavy atom. The SMILES string of the molecule is c1ccc(N(c2ccc(-c3ccc4c(c3)N(c3ccccc3)c3ccccc3[Si]4(c3ccccc3)c3ccccc3)cc2)c2ccc3c(c2)C(c2ccccc2)(c2ccccc2)c2ccccc2-3)cc1. The Morgan fingerprint density at radius 3 is 1.43 bits per heavy atom. The number of benzene rings is 11. The first-order chi connectivity index (χ1) is 34.7. The van der Waals surface area contributed by atoms with Crippen molar-refractivity contribution in [2.45, 2.75) is 5.41 Å². The lowest BCUT2D eigenvalue weighted by Crippen LogP contribution is -2.77. The van der Waals surface area contributed by atoms with E-state index in [2.05, 4.69) is 301 Å². The molecule has 0 fully saturated rings. The van der Waals surface area contributed by atoms with E-state index in [4.69, 9.17) is 0 Å². The van der Waals surface area contributed by atoms with Gasteiger partial charge in [0.1, 0.15) is 0 Å². The van der Waals surface area contributed by atoms with Gasteiger partial charge in [-0.3, -0.25) is 0 Å². The van der Waals surface area contributed by atoms with Gasteiger partial charge in [-0.15, -0.1) is 0 Å². The minimum absolute atomic E-state index is 0.501. The molecule has 0 spiro atoms. The van der Waals surface area contributed by atoms with Crippen LogP contribution in [0.3, 0.4) is 0 Å². The van der Waals surface area contributed by atoms with Crippen LogP contribution in [0.1, 0.15) is 22.3 Å². The molecular weight excluding hydrogens is 861 g/mol. The maximum Gasteiger partial charge on any atom is 0.184 e. The van der Waals surface area contributed by atoms with Gasteiger partial charge in [0.25, 0.3) is 0 Å². The highest BCUT2D eigenvalue weighted by molar-refractivity contribution is 7.21. The lowest BCUT2D eigenvalue weighted by Gasteiger charge is -2.45. The molecule has 0 amide bonds. The van der Waals surface area contributed by atoms with Crippen LogP contribution >= 0.6 is 0 Å². The van der Waals surface area contributed by atoms with Crippen molar-refractivity contribution in [1.82, 2.24) is 0 Å². The molecule has 1 heterocycles. The summed E-state index contributed by atoms with van der Waals surface area (Å²) in [5.41, 5.74) is 16.4. The highest BCUT2D eigenvalue weighted by Crippen LogP contribution is 2.57. The Balaban J connectivity index is 0.972. The average molecular weight is 909 g/mol. The fourth-order valence-electron chi connectivity index (χ4n) is 11.9. The van der Waals surface area contributed by atoms with Gasteiger partial charge >= 0.3 is 0 Å². The summed E-state index contributed by atoms with van der Waals surface area (Å²) in [4.78, 5) is 4.91. The predicted molar refractivity (Wildman–Crippen MR) is 296 cm³/mol. The number of rotatable bonds is 9. The number of fused-ring (bicyclic) bond motifs is 5. The van der Waals surface area contributed by atoms with Gasteiger partial charge in [-0.25, -0.2) is 0 Å². The third-order valence-electron chi connectivity index (χ3n) is 14.8. The topological polar surface area (TPSA) is 6.48 Å².